The molecule has 0 aliphatic carbocycles. The Hall–Kier alpha value is -5.22. The molecule has 3 aromatic carbocycles. The van der Waals surface area contributed by atoms with E-state index >= 15 is 0 Å². The molecule has 0 radical (unpaired) electrons. The van der Waals surface area contributed by atoms with Crippen molar-refractivity contribution in [2.45, 2.75) is 19.0 Å². The van der Waals surface area contributed by atoms with Crippen molar-refractivity contribution in [1.82, 2.24) is 10.3 Å². The minimum Gasteiger partial charge on any atom is -0.496 e. The Morgan fingerprint density at radius 1 is 0.976 bits per heavy atom. The third kappa shape index (κ3) is 5.27. The monoisotopic (exact) mass is 578 g/mol. The van der Waals surface area contributed by atoms with E-state index in [9.17, 15) is 10.1 Å². The maximum atomic E-state index is 11.3. The van der Waals surface area contributed by atoms with Crippen molar-refractivity contribution in [2.75, 3.05) is 12.0 Å². The number of hydrogen-bond donors (Lipinski definition) is 1. The van der Waals surface area contributed by atoms with Gasteiger partial charge >= 0.3 is 0 Å². The molecule has 6 rings (SSSR count). The number of nitrogens with zero attached hydrogens (tertiary/aromatic N) is 3. The van der Waals surface area contributed by atoms with Gasteiger partial charge in [-0.2, -0.15) is 0 Å². The van der Waals surface area contributed by atoms with Gasteiger partial charge in [-0.1, -0.05) is 23.8 Å². The lowest BCUT2D eigenvalue weighted by Crippen LogP contribution is -2.29. The third-order valence-corrected chi connectivity index (χ3v) is 7.36. The van der Waals surface area contributed by atoms with E-state index in [1.807, 2.05) is 90.7 Å². The summed E-state index contributed by atoms with van der Waals surface area (Å²) in [6, 6.07) is 28.8. The largest absolute Gasteiger partial charge is 0.496 e. The summed E-state index contributed by atoms with van der Waals surface area (Å²) >= 11 is 5.84. The molecule has 2 aromatic heterocycles. The molecule has 3 heterocycles. The third-order valence-electron chi connectivity index (χ3n) is 7.05. The predicted molar refractivity (Wildman–Crippen MR) is 163 cm³/mol. The quantitative estimate of drug-likeness (QED) is 0.114. The molecule has 0 bridgehead atoms. The molecule has 1 aliphatic rings. The molecule has 9 nitrogen and oxygen atoms in total. The van der Waals surface area contributed by atoms with Crippen LogP contribution in [0.1, 0.15) is 29.1 Å². The number of aryl methyl sites for hydroxylation is 1. The van der Waals surface area contributed by atoms with Crippen LogP contribution < -0.4 is 19.7 Å². The molecule has 0 saturated carbocycles. The van der Waals surface area contributed by atoms with Gasteiger partial charge in [0.05, 0.1) is 35.4 Å². The Kier molecular flexibility index (Phi) is 7.28. The average molecular weight is 579 g/mol. The Morgan fingerprint density at radius 2 is 1.71 bits per heavy atom. The van der Waals surface area contributed by atoms with Crippen LogP contribution in [0.25, 0.3) is 11.3 Å². The van der Waals surface area contributed by atoms with Crippen LogP contribution in [0.2, 0.25) is 0 Å². The number of rotatable bonds is 8. The fraction of sp³-hybridized carbons (Fsp3) is 0.125. The van der Waals surface area contributed by atoms with Gasteiger partial charge in [0.2, 0.25) is 0 Å². The van der Waals surface area contributed by atoms with Crippen molar-refractivity contribution in [2.24, 2.45) is 0 Å². The summed E-state index contributed by atoms with van der Waals surface area (Å²) in [4.78, 5) is 17.4. The number of hydrogen-bond acceptors (Lipinski definition) is 7. The van der Waals surface area contributed by atoms with E-state index in [0.717, 1.165) is 22.7 Å². The van der Waals surface area contributed by atoms with E-state index in [4.69, 9.17) is 26.1 Å². The first-order chi connectivity index (χ1) is 20.4. The SMILES string of the molecule is COc1cc([N+](=O)[O-])ccc1-c1ccc(C2C(c3ccccn3)NC(=S)N2c2ccc(Oc3ccc(C)cc3)cc2)o1. The number of thiocarbonyl (C=S) groups is 1. The minimum absolute atomic E-state index is 0.0658. The molecule has 5 aromatic rings. The van der Waals surface area contributed by atoms with E-state index in [1.165, 1.54) is 19.2 Å². The highest BCUT2D eigenvalue weighted by Crippen LogP contribution is 2.44. The fourth-order valence-electron chi connectivity index (χ4n) is 4.99. The summed E-state index contributed by atoms with van der Waals surface area (Å²) in [7, 11) is 1.47. The van der Waals surface area contributed by atoms with Gasteiger partial charge in [-0.15, -0.1) is 0 Å². The van der Waals surface area contributed by atoms with Crippen molar-refractivity contribution in [3.05, 3.63) is 130 Å². The highest BCUT2D eigenvalue weighted by Gasteiger charge is 2.42. The van der Waals surface area contributed by atoms with Gasteiger partial charge in [0.25, 0.3) is 5.69 Å². The number of anilines is 1. The van der Waals surface area contributed by atoms with E-state index in [1.54, 1.807) is 12.3 Å². The van der Waals surface area contributed by atoms with Gasteiger partial charge in [0, 0.05) is 18.0 Å². The van der Waals surface area contributed by atoms with E-state index in [2.05, 4.69) is 10.3 Å². The average Bonchev–Trinajstić information content (AvgIpc) is 3.63. The molecule has 210 valence electrons. The number of methoxy groups -OCH3 is 1. The number of ether oxygens (including phenoxy) is 2. The lowest BCUT2D eigenvalue weighted by Gasteiger charge is -2.26. The van der Waals surface area contributed by atoms with Crippen molar-refractivity contribution in [3.8, 4) is 28.6 Å². The molecule has 2 atom stereocenters. The van der Waals surface area contributed by atoms with Crippen LogP contribution in [-0.2, 0) is 0 Å². The van der Waals surface area contributed by atoms with Crippen LogP contribution in [0.15, 0.2) is 108 Å². The number of benzene rings is 3. The number of nitrogens with one attached hydrogen (secondary N) is 1. The van der Waals surface area contributed by atoms with Crippen LogP contribution in [0.3, 0.4) is 0 Å². The van der Waals surface area contributed by atoms with Gasteiger partial charge in [0.1, 0.15) is 34.8 Å². The zero-order valence-corrected chi connectivity index (χ0v) is 23.6. The minimum atomic E-state index is -0.461. The van der Waals surface area contributed by atoms with E-state index < -0.39 is 4.92 Å². The van der Waals surface area contributed by atoms with Crippen molar-refractivity contribution < 1.29 is 18.8 Å². The standard InChI is InChI=1S/C32H26N4O5S/c1-20-6-11-23(12-7-20)40-24-13-8-21(9-14-24)35-31(30(34-32(35)42)26-5-3-4-18-33-26)28-17-16-27(41-28)25-15-10-22(36(37)38)19-29(25)39-2/h3-19,30-31H,1-2H3,(H,34,42). The summed E-state index contributed by atoms with van der Waals surface area (Å²) in [5.74, 6) is 2.94. The number of pyridine rings is 1. The first-order valence-corrected chi connectivity index (χ1v) is 13.6. The highest BCUT2D eigenvalue weighted by molar-refractivity contribution is 7.80. The normalized spacial score (nSPS) is 16.2. The second kappa shape index (κ2) is 11.3. The van der Waals surface area contributed by atoms with Crippen LogP contribution >= 0.6 is 12.2 Å². The zero-order valence-electron chi connectivity index (χ0n) is 22.8. The van der Waals surface area contributed by atoms with Crippen LogP contribution in [0.5, 0.6) is 17.2 Å². The summed E-state index contributed by atoms with van der Waals surface area (Å²) in [6.45, 7) is 2.03. The van der Waals surface area contributed by atoms with E-state index in [-0.39, 0.29) is 17.8 Å². The predicted octanol–water partition coefficient (Wildman–Crippen LogP) is 7.54. The van der Waals surface area contributed by atoms with Gasteiger partial charge in [-0.05, 0) is 85.9 Å². The second-order valence-corrected chi connectivity index (χ2v) is 10.1. The van der Waals surface area contributed by atoms with Crippen molar-refractivity contribution in [3.63, 3.8) is 0 Å². The maximum Gasteiger partial charge on any atom is 0.273 e. The summed E-state index contributed by atoms with van der Waals surface area (Å²) in [5.41, 5.74) is 3.34. The smallest absolute Gasteiger partial charge is 0.273 e. The van der Waals surface area contributed by atoms with Gasteiger partial charge in [-0.25, -0.2) is 0 Å². The second-order valence-electron chi connectivity index (χ2n) is 9.75. The zero-order chi connectivity index (χ0) is 29.2. The van der Waals surface area contributed by atoms with Gasteiger partial charge in [-0.3, -0.25) is 15.1 Å². The maximum absolute atomic E-state index is 11.3. The molecule has 0 amide bonds. The molecule has 1 saturated heterocycles. The Labute approximate surface area is 247 Å². The summed E-state index contributed by atoms with van der Waals surface area (Å²) in [6.07, 6.45) is 1.74. The molecule has 10 heteroatoms. The molecule has 1 aliphatic heterocycles. The van der Waals surface area contributed by atoms with Gasteiger partial charge in [0.15, 0.2) is 5.11 Å². The number of nitro benzene ring substituents is 1. The molecular formula is C32H26N4O5S. The first-order valence-electron chi connectivity index (χ1n) is 13.2. The van der Waals surface area contributed by atoms with Crippen LogP contribution in [-0.4, -0.2) is 22.1 Å². The van der Waals surface area contributed by atoms with Crippen molar-refractivity contribution >= 4 is 28.7 Å². The molecule has 1 N–H and O–H groups in total. The lowest BCUT2D eigenvalue weighted by atomic mass is 10.0. The molecule has 1 fully saturated rings. The number of furan rings is 1. The molecule has 2 unspecified atom stereocenters. The van der Waals surface area contributed by atoms with Crippen LogP contribution in [0, 0.1) is 17.0 Å². The number of non-ortho nitro benzene ring substituents is 1. The molecular weight excluding hydrogens is 552 g/mol. The van der Waals surface area contributed by atoms with Crippen molar-refractivity contribution in [1.29, 1.82) is 0 Å². The number of nitro groups is 1. The highest BCUT2D eigenvalue weighted by atomic mass is 32.1. The Bertz CT molecular complexity index is 1740. The van der Waals surface area contributed by atoms with E-state index in [0.29, 0.717) is 33.7 Å². The lowest BCUT2D eigenvalue weighted by molar-refractivity contribution is -0.384. The first kappa shape index (κ1) is 27.0. The summed E-state index contributed by atoms with van der Waals surface area (Å²) in [5, 5.41) is 15.2. The van der Waals surface area contributed by atoms with Crippen LogP contribution in [0.4, 0.5) is 11.4 Å². The fourth-order valence-corrected chi connectivity index (χ4v) is 5.34. The molecule has 42 heavy (non-hydrogen) atoms. The molecule has 0 spiro atoms. The van der Waals surface area contributed by atoms with Gasteiger partial charge < -0.3 is 24.1 Å². The number of aromatic nitrogens is 1. The topological polar surface area (TPSA) is 103 Å². The summed E-state index contributed by atoms with van der Waals surface area (Å²) < 4.78 is 17.9. The Morgan fingerprint density at radius 3 is 2.38 bits per heavy atom. The Balaban J connectivity index is 1.36.